The van der Waals surface area contributed by atoms with E-state index >= 15 is 8.78 Å². The molecule has 3 aromatic rings. The van der Waals surface area contributed by atoms with Crippen molar-refractivity contribution in [3.05, 3.63) is 94.3 Å². The van der Waals surface area contributed by atoms with Gasteiger partial charge in [0, 0.05) is 5.56 Å². The summed E-state index contributed by atoms with van der Waals surface area (Å²) in [5.74, 6) is -0.774. The second kappa shape index (κ2) is 13.1. The van der Waals surface area contributed by atoms with Gasteiger partial charge in [0.15, 0.2) is 11.6 Å². The maximum atomic E-state index is 15.1. The molecule has 0 amide bonds. The van der Waals surface area contributed by atoms with Crippen LogP contribution in [0.5, 0.6) is 0 Å². The summed E-state index contributed by atoms with van der Waals surface area (Å²) in [5, 5.41) is 0. The number of hydrogen-bond acceptors (Lipinski definition) is 0. The fraction of sp³-hybridized carbons (Fsp3) is 0.412. The quantitative estimate of drug-likeness (QED) is 0.190. The van der Waals surface area contributed by atoms with Gasteiger partial charge in [-0.05, 0) is 84.2 Å². The van der Waals surface area contributed by atoms with Gasteiger partial charge in [-0.1, -0.05) is 100 Å². The van der Waals surface area contributed by atoms with Gasteiger partial charge in [-0.25, -0.2) is 13.2 Å². The minimum absolute atomic E-state index is 0.111. The van der Waals surface area contributed by atoms with Crippen LogP contribution in [-0.2, 0) is 6.42 Å². The third-order valence-corrected chi connectivity index (χ3v) is 7.91. The number of hydrogen-bond donors (Lipinski definition) is 0. The molecule has 0 saturated heterocycles. The van der Waals surface area contributed by atoms with E-state index in [1.54, 1.807) is 18.2 Å². The van der Waals surface area contributed by atoms with Crippen LogP contribution < -0.4 is 0 Å². The first-order valence-electron chi connectivity index (χ1n) is 14.0. The number of benzene rings is 3. The van der Waals surface area contributed by atoms with Crippen LogP contribution in [0.2, 0.25) is 0 Å². The van der Waals surface area contributed by atoms with Crippen LogP contribution >= 0.6 is 0 Å². The molecule has 0 heterocycles. The molecule has 0 aromatic heterocycles. The highest BCUT2D eigenvalue weighted by atomic mass is 19.2. The molecule has 1 aliphatic rings. The Balaban J connectivity index is 1.42. The van der Waals surface area contributed by atoms with Crippen molar-refractivity contribution in [3.8, 4) is 11.1 Å². The van der Waals surface area contributed by atoms with Crippen molar-refractivity contribution >= 4 is 12.2 Å². The molecule has 0 N–H and O–H groups in total. The second-order valence-electron chi connectivity index (χ2n) is 10.6. The van der Waals surface area contributed by atoms with Gasteiger partial charge < -0.3 is 0 Å². The summed E-state index contributed by atoms with van der Waals surface area (Å²) >= 11 is 0. The van der Waals surface area contributed by atoms with Crippen molar-refractivity contribution in [2.24, 2.45) is 5.92 Å². The molecule has 37 heavy (non-hydrogen) atoms. The molecule has 4 rings (SSSR count). The zero-order chi connectivity index (χ0) is 26.2. The molecule has 0 radical (unpaired) electrons. The topological polar surface area (TPSA) is 0 Å². The lowest BCUT2D eigenvalue weighted by molar-refractivity contribution is 0.303. The van der Waals surface area contributed by atoms with E-state index in [4.69, 9.17) is 0 Å². The highest BCUT2D eigenvalue weighted by Gasteiger charge is 2.26. The fourth-order valence-corrected chi connectivity index (χ4v) is 5.67. The Hall–Kier alpha value is -2.81. The average molecular weight is 505 g/mol. The summed E-state index contributed by atoms with van der Waals surface area (Å²) in [6.45, 7) is 4.35. The van der Waals surface area contributed by atoms with Crippen LogP contribution in [-0.4, -0.2) is 0 Å². The molecule has 1 fully saturated rings. The summed E-state index contributed by atoms with van der Waals surface area (Å²) in [7, 11) is 0. The Morgan fingerprint density at radius 3 is 2.11 bits per heavy atom. The van der Waals surface area contributed by atoms with Crippen molar-refractivity contribution in [2.75, 3.05) is 0 Å². The molecular formula is C34H39F3. The lowest BCUT2D eigenvalue weighted by Crippen LogP contribution is -2.14. The first-order chi connectivity index (χ1) is 18.0. The van der Waals surface area contributed by atoms with Gasteiger partial charge in [-0.2, -0.15) is 0 Å². The molecule has 0 spiro atoms. The van der Waals surface area contributed by atoms with E-state index in [1.165, 1.54) is 12.8 Å². The minimum Gasteiger partial charge on any atom is -0.207 e. The molecular weight excluding hydrogens is 465 g/mol. The van der Waals surface area contributed by atoms with Gasteiger partial charge in [0.2, 0.25) is 0 Å². The van der Waals surface area contributed by atoms with E-state index < -0.39 is 11.6 Å². The molecule has 0 nitrogen and oxygen atoms in total. The predicted molar refractivity (Wildman–Crippen MR) is 150 cm³/mol. The van der Waals surface area contributed by atoms with Gasteiger partial charge in [0.25, 0.3) is 0 Å². The summed E-state index contributed by atoms with van der Waals surface area (Å²) in [5.41, 5.74) is 3.94. The zero-order valence-corrected chi connectivity index (χ0v) is 22.2. The van der Waals surface area contributed by atoms with E-state index in [9.17, 15) is 4.39 Å². The molecule has 1 saturated carbocycles. The molecule has 0 aliphatic heterocycles. The maximum absolute atomic E-state index is 15.1. The third kappa shape index (κ3) is 6.94. The Morgan fingerprint density at radius 1 is 0.730 bits per heavy atom. The third-order valence-electron chi connectivity index (χ3n) is 7.91. The lowest BCUT2D eigenvalue weighted by atomic mass is 9.77. The maximum Gasteiger partial charge on any atom is 0.166 e. The fourth-order valence-electron chi connectivity index (χ4n) is 5.67. The standard InChI is InChI=1S/C34H39F3/c1-3-5-6-8-29-20-15-26(23-32(29)35)10-9-25-13-18-28(19-14-25)31-22-21-30(33(36)34(31)37)27-16-11-24(7-4-2)12-17-27/h9-10,13-15,18-24,27H,3-8,11-12,16-17H2,1-2H3/b10-9+. The van der Waals surface area contributed by atoms with Gasteiger partial charge in [0.1, 0.15) is 5.82 Å². The van der Waals surface area contributed by atoms with Gasteiger partial charge in [-0.15, -0.1) is 0 Å². The van der Waals surface area contributed by atoms with E-state index in [-0.39, 0.29) is 17.3 Å². The number of rotatable bonds is 10. The Kier molecular flexibility index (Phi) is 9.66. The highest BCUT2D eigenvalue weighted by molar-refractivity contribution is 5.72. The molecule has 0 unspecified atom stereocenters. The van der Waals surface area contributed by atoms with Crippen molar-refractivity contribution in [1.29, 1.82) is 0 Å². The summed E-state index contributed by atoms with van der Waals surface area (Å²) in [6, 6.07) is 16.3. The van der Waals surface area contributed by atoms with Crippen LogP contribution in [0, 0.1) is 23.4 Å². The predicted octanol–water partition coefficient (Wildman–Crippen LogP) is 10.7. The van der Waals surface area contributed by atoms with Crippen molar-refractivity contribution in [3.63, 3.8) is 0 Å². The lowest BCUT2D eigenvalue weighted by Gasteiger charge is -2.29. The molecule has 196 valence electrons. The Labute approximate surface area is 220 Å². The van der Waals surface area contributed by atoms with Gasteiger partial charge in [0.05, 0.1) is 0 Å². The van der Waals surface area contributed by atoms with Crippen molar-refractivity contribution in [1.82, 2.24) is 0 Å². The summed E-state index contributed by atoms with van der Waals surface area (Å²) in [6.07, 6.45) is 14.3. The second-order valence-corrected chi connectivity index (χ2v) is 10.6. The van der Waals surface area contributed by atoms with Gasteiger partial charge >= 0.3 is 0 Å². The van der Waals surface area contributed by atoms with E-state index in [0.717, 1.165) is 74.0 Å². The molecule has 3 heteroatoms. The van der Waals surface area contributed by atoms with E-state index in [0.29, 0.717) is 11.1 Å². The van der Waals surface area contributed by atoms with Crippen LogP contribution in [0.3, 0.4) is 0 Å². The molecule has 3 aromatic carbocycles. The van der Waals surface area contributed by atoms with Crippen LogP contribution in [0.25, 0.3) is 23.3 Å². The molecule has 0 atom stereocenters. The summed E-state index contributed by atoms with van der Waals surface area (Å²) in [4.78, 5) is 0. The van der Waals surface area contributed by atoms with Crippen LogP contribution in [0.15, 0.2) is 54.6 Å². The normalized spacial score (nSPS) is 18.0. The SMILES string of the molecule is CCCCCc1ccc(/C=C/c2ccc(-c3ccc(C4CCC(CCC)CC4)c(F)c3F)cc2)cc1F. The number of aryl methyl sites for hydroxylation is 1. The van der Waals surface area contributed by atoms with Crippen LogP contribution in [0.4, 0.5) is 13.2 Å². The van der Waals surface area contributed by atoms with E-state index in [2.05, 4.69) is 13.8 Å². The minimum atomic E-state index is -0.758. The Bertz CT molecular complexity index is 1180. The zero-order valence-electron chi connectivity index (χ0n) is 22.2. The van der Waals surface area contributed by atoms with Crippen molar-refractivity contribution < 1.29 is 13.2 Å². The largest absolute Gasteiger partial charge is 0.207 e. The summed E-state index contributed by atoms with van der Waals surface area (Å²) < 4.78 is 44.6. The number of unbranched alkanes of at least 4 members (excludes halogenated alkanes) is 2. The molecule has 1 aliphatic carbocycles. The average Bonchev–Trinajstić information content (AvgIpc) is 2.91. The monoisotopic (exact) mass is 504 g/mol. The van der Waals surface area contributed by atoms with Crippen molar-refractivity contribution in [2.45, 2.75) is 84.0 Å². The van der Waals surface area contributed by atoms with Gasteiger partial charge in [-0.3, -0.25) is 0 Å². The highest BCUT2D eigenvalue weighted by Crippen LogP contribution is 2.40. The Morgan fingerprint density at radius 2 is 1.43 bits per heavy atom. The van der Waals surface area contributed by atoms with Crippen LogP contribution in [0.1, 0.15) is 99.8 Å². The molecule has 0 bridgehead atoms. The number of halogens is 3. The first-order valence-corrected chi connectivity index (χ1v) is 14.0. The first kappa shape index (κ1) is 27.2. The smallest absolute Gasteiger partial charge is 0.166 e. The van der Waals surface area contributed by atoms with E-state index in [1.807, 2.05) is 48.6 Å².